The first-order valence-electron chi connectivity index (χ1n) is 8.47. The zero-order valence-corrected chi connectivity index (χ0v) is 13.8. The number of hydrogen-bond donors (Lipinski definition) is 2. The molecule has 23 heavy (non-hydrogen) atoms. The second kappa shape index (κ2) is 8.99. The van der Waals surface area contributed by atoms with Crippen LogP contribution in [-0.2, 0) is 4.79 Å². The Hall–Kier alpha value is -1.46. The molecular formula is C18H27FN2O2. The van der Waals surface area contributed by atoms with Crippen LogP contribution in [0.15, 0.2) is 24.3 Å². The smallest absolute Gasteiger partial charge is 0.222 e. The van der Waals surface area contributed by atoms with Gasteiger partial charge in [0.25, 0.3) is 0 Å². The van der Waals surface area contributed by atoms with Crippen molar-refractivity contribution >= 4 is 5.91 Å². The van der Waals surface area contributed by atoms with Crippen molar-refractivity contribution in [3.63, 3.8) is 0 Å². The number of carbonyl (C=O) groups is 1. The van der Waals surface area contributed by atoms with Crippen LogP contribution in [0.25, 0.3) is 0 Å². The molecule has 0 radical (unpaired) electrons. The van der Waals surface area contributed by atoms with Crippen molar-refractivity contribution in [3.05, 3.63) is 35.6 Å². The molecule has 1 fully saturated rings. The van der Waals surface area contributed by atoms with Gasteiger partial charge in [0.1, 0.15) is 5.82 Å². The molecule has 2 unspecified atom stereocenters. The lowest BCUT2D eigenvalue weighted by Gasteiger charge is -2.29. The van der Waals surface area contributed by atoms with Gasteiger partial charge < -0.3 is 15.3 Å². The van der Waals surface area contributed by atoms with Crippen molar-refractivity contribution in [2.75, 3.05) is 26.2 Å². The lowest BCUT2D eigenvalue weighted by atomic mass is 10.1. The first kappa shape index (κ1) is 17.9. The van der Waals surface area contributed by atoms with E-state index < -0.39 is 11.9 Å². The maximum absolute atomic E-state index is 13.1. The normalized spacial score (nSPS) is 18.4. The highest BCUT2D eigenvalue weighted by molar-refractivity contribution is 5.76. The number of amides is 1. The Morgan fingerprint density at radius 1 is 1.35 bits per heavy atom. The number of nitrogens with zero attached hydrogens (tertiary/aromatic N) is 1. The van der Waals surface area contributed by atoms with Gasteiger partial charge in [0.15, 0.2) is 0 Å². The zero-order valence-electron chi connectivity index (χ0n) is 13.8. The van der Waals surface area contributed by atoms with E-state index >= 15 is 0 Å². The third-order valence-electron chi connectivity index (χ3n) is 4.28. The Morgan fingerprint density at radius 3 is 2.78 bits per heavy atom. The SMILES string of the molecule is CC(CNC(=O)CC(O)c1cccc(F)c1)CN1CCCCC1. The van der Waals surface area contributed by atoms with E-state index in [4.69, 9.17) is 0 Å². The Balaban J connectivity index is 1.69. The summed E-state index contributed by atoms with van der Waals surface area (Å²) < 4.78 is 13.1. The van der Waals surface area contributed by atoms with Gasteiger partial charge in [0.05, 0.1) is 12.5 Å². The fourth-order valence-corrected chi connectivity index (χ4v) is 3.01. The molecule has 1 saturated heterocycles. The summed E-state index contributed by atoms with van der Waals surface area (Å²) in [5, 5.41) is 12.9. The number of rotatable bonds is 7. The standard InChI is InChI=1S/C18H27FN2O2/c1-14(13-21-8-3-2-4-9-21)12-20-18(23)11-17(22)15-6-5-7-16(19)10-15/h5-7,10,14,17,22H,2-4,8-9,11-13H2,1H3,(H,20,23). The highest BCUT2D eigenvalue weighted by Crippen LogP contribution is 2.17. The van der Waals surface area contributed by atoms with Crippen LogP contribution in [-0.4, -0.2) is 42.1 Å². The summed E-state index contributed by atoms with van der Waals surface area (Å²) in [4.78, 5) is 14.4. The van der Waals surface area contributed by atoms with Crippen LogP contribution in [0.5, 0.6) is 0 Å². The minimum Gasteiger partial charge on any atom is -0.388 e. The van der Waals surface area contributed by atoms with Gasteiger partial charge in [-0.25, -0.2) is 4.39 Å². The van der Waals surface area contributed by atoms with Crippen molar-refractivity contribution < 1.29 is 14.3 Å². The number of halogens is 1. The first-order valence-corrected chi connectivity index (χ1v) is 8.47. The maximum atomic E-state index is 13.1. The van der Waals surface area contributed by atoms with Gasteiger partial charge in [0.2, 0.25) is 5.91 Å². The molecule has 1 aliphatic heterocycles. The molecule has 0 saturated carbocycles. The predicted octanol–water partition coefficient (Wildman–Crippen LogP) is 2.49. The van der Waals surface area contributed by atoms with Crippen LogP contribution in [0, 0.1) is 11.7 Å². The van der Waals surface area contributed by atoms with Crippen LogP contribution < -0.4 is 5.32 Å². The highest BCUT2D eigenvalue weighted by Gasteiger charge is 2.16. The molecule has 2 atom stereocenters. The van der Waals surface area contributed by atoms with E-state index in [2.05, 4.69) is 17.1 Å². The number of benzene rings is 1. The van der Waals surface area contributed by atoms with Gasteiger partial charge in [-0.15, -0.1) is 0 Å². The van der Waals surface area contributed by atoms with Gasteiger partial charge in [-0.1, -0.05) is 25.5 Å². The minimum atomic E-state index is -0.969. The van der Waals surface area contributed by atoms with Crippen molar-refractivity contribution in [2.24, 2.45) is 5.92 Å². The summed E-state index contributed by atoms with van der Waals surface area (Å²) in [5.74, 6) is -0.229. The fourth-order valence-electron chi connectivity index (χ4n) is 3.01. The number of aliphatic hydroxyl groups excluding tert-OH is 1. The summed E-state index contributed by atoms with van der Waals surface area (Å²) in [6.07, 6.45) is 2.83. The summed E-state index contributed by atoms with van der Waals surface area (Å²) in [7, 11) is 0. The molecule has 0 bridgehead atoms. The topological polar surface area (TPSA) is 52.6 Å². The third-order valence-corrected chi connectivity index (χ3v) is 4.28. The maximum Gasteiger partial charge on any atom is 0.222 e. The van der Waals surface area contributed by atoms with Crippen LogP contribution in [0.2, 0.25) is 0 Å². The molecule has 1 heterocycles. The third kappa shape index (κ3) is 6.28. The van der Waals surface area contributed by atoms with Crippen molar-refractivity contribution in [2.45, 2.75) is 38.7 Å². The Morgan fingerprint density at radius 2 is 2.09 bits per heavy atom. The Bertz CT molecular complexity index is 504. The van der Waals surface area contributed by atoms with Crippen LogP contribution in [0.1, 0.15) is 44.3 Å². The van der Waals surface area contributed by atoms with Crippen LogP contribution >= 0.6 is 0 Å². The van der Waals surface area contributed by atoms with Gasteiger partial charge >= 0.3 is 0 Å². The van der Waals surface area contributed by atoms with E-state index in [0.717, 1.165) is 19.6 Å². The molecule has 0 aromatic heterocycles. The lowest BCUT2D eigenvalue weighted by molar-refractivity contribution is -0.123. The van der Waals surface area contributed by atoms with E-state index in [9.17, 15) is 14.3 Å². The average Bonchev–Trinajstić information content (AvgIpc) is 2.54. The summed E-state index contributed by atoms with van der Waals surface area (Å²) in [6, 6.07) is 5.74. The molecule has 2 rings (SSSR count). The molecule has 2 N–H and O–H groups in total. The van der Waals surface area contributed by atoms with Crippen LogP contribution in [0.3, 0.4) is 0 Å². The molecule has 0 aliphatic carbocycles. The summed E-state index contributed by atoms with van der Waals surface area (Å²) in [5.41, 5.74) is 0.432. The number of nitrogens with one attached hydrogen (secondary N) is 1. The molecule has 1 aromatic carbocycles. The second-order valence-corrected chi connectivity index (χ2v) is 6.55. The zero-order chi connectivity index (χ0) is 16.7. The van der Waals surface area contributed by atoms with E-state index in [-0.39, 0.29) is 12.3 Å². The molecule has 0 spiro atoms. The quantitative estimate of drug-likeness (QED) is 0.811. The summed E-state index contributed by atoms with van der Waals surface area (Å²) >= 11 is 0. The van der Waals surface area contributed by atoms with E-state index in [0.29, 0.717) is 18.0 Å². The number of aliphatic hydroxyl groups is 1. The van der Waals surface area contributed by atoms with E-state index in [1.165, 1.54) is 37.5 Å². The predicted molar refractivity (Wildman–Crippen MR) is 88.4 cm³/mol. The molecule has 1 amide bonds. The molecule has 1 aliphatic rings. The highest BCUT2D eigenvalue weighted by atomic mass is 19.1. The number of piperidine rings is 1. The second-order valence-electron chi connectivity index (χ2n) is 6.55. The lowest BCUT2D eigenvalue weighted by Crippen LogP contribution is -2.38. The largest absolute Gasteiger partial charge is 0.388 e. The van der Waals surface area contributed by atoms with Crippen LogP contribution in [0.4, 0.5) is 4.39 Å². The average molecular weight is 322 g/mol. The van der Waals surface area contributed by atoms with Gasteiger partial charge in [-0.2, -0.15) is 0 Å². The Kier molecular flexibility index (Phi) is 6.99. The molecule has 5 heteroatoms. The summed E-state index contributed by atoms with van der Waals surface area (Å²) in [6.45, 7) is 6.02. The number of hydrogen-bond acceptors (Lipinski definition) is 3. The molecule has 1 aromatic rings. The van der Waals surface area contributed by atoms with Gasteiger partial charge in [-0.3, -0.25) is 4.79 Å². The monoisotopic (exact) mass is 322 g/mol. The van der Waals surface area contributed by atoms with Crippen molar-refractivity contribution in [1.82, 2.24) is 10.2 Å². The minimum absolute atomic E-state index is 0.0418. The molecular weight excluding hydrogens is 295 g/mol. The first-order chi connectivity index (χ1) is 11.0. The number of carbonyl (C=O) groups excluding carboxylic acids is 1. The number of likely N-dealkylation sites (tertiary alicyclic amines) is 1. The van der Waals surface area contributed by atoms with Gasteiger partial charge in [0, 0.05) is 13.1 Å². The fraction of sp³-hybridized carbons (Fsp3) is 0.611. The van der Waals surface area contributed by atoms with Crippen molar-refractivity contribution in [1.29, 1.82) is 0 Å². The Labute approximate surface area is 137 Å². The molecule has 128 valence electrons. The van der Waals surface area contributed by atoms with Gasteiger partial charge in [-0.05, 0) is 49.5 Å². The van der Waals surface area contributed by atoms with E-state index in [1.54, 1.807) is 6.07 Å². The van der Waals surface area contributed by atoms with Crippen molar-refractivity contribution in [3.8, 4) is 0 Å². The van der Waals surface area contributed by atoms with E-state index in [1.807, 2.05) is 0 Å². The molecule has 4 nitrogen and oxygen atoms in total.